The van der Waals surface area contributed by atoms with Gasteiger partial charge in [0.2, 0.25) is 5.91 Å². The number of piperazine rings is 4. The van der Waals surface area contributed by atoms with Crippen molar-refractivity contribution >= 4 is 167 Å². The van der Waals surface area contributed by atoms with E-state index in [1.54, 1.807) is 105 Å². The first kappa shape index (κ1) is 118. The molecule has 11 rings (SSSR count). The molecule has 0 aliphatic carbocycles. The summed E-state index contributed by atoms with van der Waals surface area (Å²) in [5, 5.41) is 12.2. The number of nitrogens with zero attached hydrogens (tertiary/aromatic N) is 5. The van der Waals surface area contributed by atoms with Gasteiger partial charge in [-0.05, 0) is 250 Å². The van der Waals surface area contributed by atoms with Gasteiger partial charge in [0.1, 0.15) is 55.5 Å². The molecule has 135 heavy (non-hydrogen) atoms. The van der Waals surface area contributed by atoms with E-state index in [2.05, 4.69) is 134 Å². The van der Waals surface area contributed by atoms with Gasteiger partial charge in [0.25, 0.3) is 17.7 Å². The lowest BCUT2D eigenvalue weighted by Crippen LogP contribution is -2.63. The molecule has 0 aromatic heterocycles. The summed E-state index contributed by atoms with van der Waals surface area (Å²) in [6.45, 7) is 42.2. The maximum atomic E-state index is 13.2. The van der Waals surface area contributed by atoms with Crippen LogP contribution in [-0.2, 0) is 96.2 Å². The Hall–Kier alpha value is -9.53. The Labute approximate surface area is 845 Å². The molecule has 4 aliphatic heterocycles. The normalized spacial score (nSPS) is 17.8. The highest BCUT2D eigenvalue weighted by Crippen LogP contribution is 2.39. The number of alkyl halides is 1. The fraction of sp³-hybridized carbons (Fsp3) is 0.465. The van der Waals surface area contributed by atoms with Crippen molar-refractivity contribution in [1.82, 2.24) is 40.4 Å². The molecule has 0 saturated carbocycles. The Kier molecular flexibility index (Phi) is 47.6. The summed E-state index contributed by atoms with van der Waals surface area (Å²) in [7, 11) is 3.52. The average molecular weight is 2260 g/mol. The van der Waals surface area contributed by atoms with Crippen molar-refractivity contribution in [3.05, 3.63) is 237 Å². The van der Waals surface area contributed by atoms with E-state index >= 15 is 0 Å². The van der Waals surface area contributed by atoms with E-state index in [0.717, 1.165) is 68.0 Å². The number of carbonyl (C=O) groups is 11. The summed E-state index contributed by atoms with van der Waals surface area (Å²) >= 11 is 20.1. The summed E-state index contributed by atoms with van der Waals surface area (Å²) in [5.41, 5.74) is 10.6. The lowest BCUT2D eigenvalue weighted by atomic mass is 9.86. The van der Waals surface area contributed by atoms with E-state index in [1.807, 2.05) is 226 Å². The predicted molar refractivity (Wildman–Crippen MR) is 544 cm³/mol. The highest BCUT2D eigenvalue weighted by atomic mass is 79.9. The predicted octanol–water partition coefficient (Wildman–Crippen LogP) is 19.6. The third kappa shape index (κ3) is 39.8. The maximum absolute atomic E-state index is 13.2. The van der Waals surface area contributed by atoms with Crippen molar-refractivity contribution in [2.24, 2.45) is 11.5 Å². The summed E-state index contributed by atoms with van der Waals surface area (Å²) in [6.07, 6.45) is -3.19. The SMILES string of the molecule is CC(C)(C)OC(=O)N1CCNC(=O)C1(C)c1ccc(Br)cc1.CC(C)(C)OC(=O)OC(=O)OC(C)(C)C.CCOC(=O)C(Br)c1ccc(Br)cc1.CCOC(=O)Cc1ccc(Br)cc1.CN1CCN(C(=O)OC(C)(C)C)C(C)(c2ccc(Br)cc2)C1=O.CN1CCN(C(=O)OC(C)(C)C)C(C)(c2ccc(NCc3ccccc3)cc2)C1=O.NCCN.O=C1NCCNC1c1ccc(Br)cc1. The number of amides is 7. The van der Waals surface area contributed by atoms with Gasteiger partial charge in [0.15, 0.2) is 0 Å². The van der Waals surface area contributed by atoms with Gasteiger partial charge in [0.05, 0.1) is 19.6 Å². The summed E-state index contributed by atoms with van der Waals surface area (Å²) in [6, 6.07) is 55.5. The molecule has 7 amide bonds. The summed E-state index contributed by atoms with van der Waals surface area (Å²) in [5.74, 6) is -0.813. The molecule has 5 unspecified atom stereocenters. The Morgan fingerprint density at radius 2 is 0.800 bits per heavy atom. The number of halogens is 6. The van der Waals surface area contributed by atoms with Crippen molar-refractivity contribution in [3.8, 4) is 0 Å². The number of hydrogen-bond donors (Lipinski definition) is 6. The van der Waals surface area contributed by atoms with Crippen LogP contribution in [0.25, 0.3) is 0 Å². The number of likely N-dealkylation sites (N-methyl/N-ethyl adjacent to an activating group) is 2. The number of ether oxygens (including phenoxy) is 8. The first-order valence-corrected chi connectivity index (χ1v) is 48.7. The van der Waals surface area contributed by atoms with Crippen LogP contribution >= 0.6 is 95.6 Å². The number of benzene rings is 7. The number of hydrogen-bond acceptors (Lipinski definition) is 23. The van der Waals surface area contributed by atoms with Crippen LogP contribution in [0, 0.1) is 0 Å². The largest absolute Gasteiger partial charge is 0.519 e. The van der Waals surface area contributed by atoms with Gasteiger partial charge >= 0.3 is 42.5 Å². The fourth-order valence-corrected chi connectivity index (χ4v) is 14.7. The smallest absolute Gasteiger partial charge is 0.466 e. The minimum atomic E-state index is -1.12. The molecule has 7 aromatic carbocycles. The summed E-state index contributed by atoms with van der Waals surface area (Å²) in [4.78, 5) is 140. The fourth-order valence-electron chi connectivity index (χ4n) is 12.9. The van der Waals surface area contributed by atoms with Crippen LogP contribution in [0.1, 0.15) is 188 Å². The molecule has 4 heterocycles. The number of nitrogens with one attached hydrogen (secondary N) is 4. The topological polar surface area (TPSA) is 378 Å². The highest BCUT2D eigenvalue weighted by Gasteiger charge is 2.52. The Bertz CT molecular complexity index is 4950. The average Bonchev–Trinajstić information content (AvgIpc) is 0.755. The van der Waals surface area contributed by atoms with Crippen molar-refractivity contribution in [3.63, 3.8) is 0 Å². The minimum Gasteiger partial charge on any atom is -0.466 e. The second kappa shape index (κ2) is 54.6. The molecule has 30 nitrogen and oxygen atoms in total. The van der Waals surface area contributed by atoms with Gasteiger partial charge in [0, 0.05) is 114 Å². The third-order valence-electron chi connectivity index (χ3n) is 19.5. The molecular formula is C99H133Br6N11O19. The molecule has 4 saturated heterocycles. The van der Waals surface area contributed by atoms with Crippen molar-refractivity contribution in [2.45, 2.75) is 207 Å². The Morgan fingerprint density at radius 3 is 1.18 bits per heavy atom. The zero-order valence-electron chi connectivity index (χ0n) is 81.2. The molecule has 8 N–H and O–H groups in total. The van der Waals surface area contributed by atoms with E-state index < -0.39 is 75.2 Å². The second-order valence-electron chi connectivity index (χ2n) is 36.4. The Morgan fingerprint density at radius 1 is 0.437 bits per heavy atom. The number of carbonyl (C=O) groups excluding carboxylic acids is 11. The quantitative estimate of drug-likeness (QED) is 0.0255. The number of nitrogens with two attached hydrogens (primary N) is 2. The van der Waals surface area contributed by atoms with E-state index in [9.17, 15) is 52.7 Å². The number of rotatable bonds is 14. The highest BCUT2D eigenvalue weighted by molar-refractivity contribution is 9.11. The van der Waals surface area contributed by atoms with E-state index in [4.69, 9.17) is 44.6 Å². The second-order valence-corrected chi connectivity index (χ2v) is 41.9. The first-order chi connectivity index (χ1) is 62.9. The van der Waals surface area contributed by atoms with E-state index in [1.165, 1.54) is 15.4 Å². The van der Waals surface area contributed by atoms with Gasteiger partial charge < -0.3 is 80.4 Å². The molecule has 0 radical (unpaired) electrons. The zero-order valence-corrected chi connectivity index (χ0v) is 90.7. The molecule has 7 aromatic rings. The van der Waals surface area contributed by atoms with Crippen LogP contribution in [0.2, 0.25) is 0 Å². The van der Waals surface area contributed by atoms with Crippen LogP contribution in [0.15, 0.2) is 198 Å². The molecule has 740 valence electrons. The summed E-state index contributed by atoms with van der Waals surface area (Å²) < 4.78 is 45.0. The molecule has 36 heteroatoms. The van der Waals surface area contributed by atoms with Gasteiger partial charge in [-0.15, -0.1) is 0 Å². The number of esters is 2. The van der Waals surface area contributed by atoms with Gasteiger partial charge in [-0.25, -0.2) is 24.0 Å². The van der Waals surface area contributed by atoms with Crippen LogP contribution in [0.4, 0.5) is 29.7 Å². The Balaban J connectivity index is 0.000000334. The molecule has 4 aliphatic rings. The van der Waals surface area contributed by atoms with Crippen molar-refractivity contribution in [2.75, 3.05) is 98.1 Å². The van der Waals surface area contributed by atoms with Gasteiger partial charge in [-0.2, -0.15) is 0 Å². The maximum Gasteiger partial charge on any atom is 0.519 e. The monoisotopic (exact) mass is 2250 g/mol. The van der Waals surface area contributed by atoms with Crippen molar-refractivity contribution < 1.29 is 90.6 Å². The standard InChI is InChI=1S/C24H31N3O3.C17H23BrN2O3.C16H21BrN2O3.C10H10Br2O2.C10H11BrN2O.C10H11BrO2.C10H18O5.C2H8N2/c1-23(2,3)30-22(29)27-16-15-26(5)21(28)24(27,4)19-11-13-20(14-12-19)25-17-18-9-7-6-8-10-18;1-16(2,3)23-15(22)20-11-10-19(5)14(21)17(20,4)12-6-8-13(18)9-7-12;1-15(2,3)22-14(21)19-10-9-18-13(20)16(19,4)11-5-7-12(17)8-6-11;1-2-14-10(13)9(12)7-3-5-8(11)6-4-7;11-8-3-1-7(2-4-8)9-10(14)13-6-5-12-9;1-2-13-10(12)7-8-3-5-9(11)6-4-8;1-9(2,3)14-7(11)13-8(12)15-10(4,5)6;3-1-2-4/h6-14,25H,15-17H2,1-5H3;6-9H,10-11H2,1-5H3;5-8H,9-10H2,1-4H3,(H,18,20);3-6,9H,2H2,1H3;1-4,9,12H,5-6H2,(H,13,14);3-6H,2,7H2,1H3;1-6H3;1-4H2. The van der Waals surface area contributed by atoms with E-state index in [-0.39, 0.29) is 46.4 Å². The molecular weight excluding hydrogens is 2130 g/mol. The van der Waals surface area contributed by atoms with Crippen LogP contribution < -0.4 is 32.7 Å². The van der Waals surface area contributed by atoms with Crippen LogP contribution in [0.3, 0.4) is 0 Å². The van der Waals surface area contributed by atoms with Gasteiger partial charge in [-0.1, -0.05) is 199 Å². The zero-order chi connectivity index (χ0) is 102. The van der Waals surface area contributed by atoms with Gasteiger partial charge in [-0.3, -0.25) is 43.5 Å². The lowest BCUT2D eigenvalue weighted by Gasteiger charge is -2.46. The molecule has 4 fully saturated rings. The minimum absolute atomic E-state index is 0.0542. The number of anilines is 1. The molecule has 0 spiro atoms. The van der Waals surface area contributed by atoms with Crippen molar-refractivity contribution in [1.29, 1.82) is 0 Å². The van der Waals surface area contributed by atoms with Crippen LogP contribution in [-0.4, -0.2) is 211 Å². The third-order valence-corrected chi connectivity index (χ3v) is 23.1. The lowest BCUT2D eigenvalue weighted by molar-refractivity contribution is -0.149. The van der Waals surface area contributed by atoms with Crippen LogP contribution in [0.5, 0.6) is 0 Å². The molecule has 5 atom stereocenters. The first-order valence-electron chi connectivity index (χ1n) is 43.8. The molecule has 0 bridgehead atoms. The van der Waals surface area contributed by atoms with E-state index in [0.29, 0.717) is 85.1 Å².